The number of nitrogens with zero attached hydrogens (tertiary/aromatic N) is 1. The highest BCUT2D eigenvalue weighted by Gasteiger charge is 2.29. The second-order valence-corrected chi connectivity index (χ2v) is 3.72. The van der Waals surface area contributed by atoms with E-state index in [1.807, 2.05) is 0 Å². The van der Waals surface area contributed by atoms with E-state index in [-0.39, 0.29) is 29.4 Å². The summed E-state index contributed by atoms with van der Waals surface area (Å²) >= 11 is 0. The first-order chi connectivity index (χ1) is 8.00. The molecular weight excluding hydrogens is 264 g/mol. The van der Waals surface area contributed by atoms with E-state index in [0.29, 0.717) is 18.6 Å². The Bertz CT molecular complexity index is 505. The highest BCUT2D eigenvalue weighted by Crippen LogP contribution is 2.39. The summed E-state index contributed by atoms with van der Waals surface area (Å²) in [5.74, 6) is -1.15. The van der Waals surface area contributed by atoms with Crippen molar-refractivity contribution in [3.63, 3.8) is 0 Å². The minimum Gasteiger partial charge on any atom is -0.487 e. The summed E-state index contributed by atoms with van der Waals surface area (Å²) in [6.07, 6.45) is 0.507. The molecular formula is C10H11ClN2O5. The molecule has 7 nitrogen and oxygen atoms in total. The van der Waals surface area contributed by atoms with Crippen LogP contribution in [0.15, 0.2) is 12.1 Å². The van der Waals surface area contributed by atoms with Gasteiger partial charge in [0.1, 0.15) is 0 Å². The van der Waals surface area contributed by atoms with Gasteiger partial charge in [0.25, 0.3) is 0 Å². The number of ether oxygens (including phenoxy) is 1. The number of carboxylic acid groups (broad SMARTS) is 1. The molecule has 3 N–H and O–H groups in total. The molecule has 2 rings (SSSR count). The van der Waals surface area contributed by atoms with Gasteiger partial charge < -0.3 is 15.6 Å². The van der Waals surface area contributed by atoms with Crippen LogP contribution in [-0.4, -0.2) is 22.6 Å². The lowest BCUT2D eigenvalue weighted by Crippen LogP contribution is -2.22. The van der Waals surface area contributed by atoms with Crippen molar-refractivity contribution < 1.29 is 19.6 Å². The lowest BCUT2D eigenvalue weighted by atomic mass is 9.98. The number of halogens is 1. The predicted molar refractivity (Wildman–Crippen MR) is 64.3 cm³/mol. The van der Waals surface area contributed by atoms with Crippen LogP contribution in [0.3, 0.4) is 0 Å². The zero-order valence-electron chi connectivity index (χ0n) is 9.16. The fourth-order valence-electron chi connectivity index (χ4n) is 1.77. The van der Waals surface area contributed by atoms with Crippen LogP contribution in [0.5, 0.6) is 5.75 Å². The van der Waals surface area contributed by atoms with Gasteiger partial charge in [0.05, 0.1) is 17.1 Å². The molecule has 0 saturated carbocycles. The molecule has 0 saturated heterocycles. The van der Waals surface area contributed by atoms with Gasteiger partial charge in [-0.15, -0.1) is 12.4 Å². The third kappa shape index (κ3) is 2.36. The molecule has 0 fully saturated rings. The molecule has 0 spiro atoms. The number of benzene rings is 1. The second kappa shape index (κ2) is 5.19. The number of fused-ring (bicyclic) bond motifs is 1. The van der Waals surface area contributed by atoms with Gasteiger partial charge in [0.2, 0.25) is 5.75 Å². The largest absolute Gasteiger partial charge is 0.487 e. The van der Waals surface area contributed by atoms with Gasteiger partial charge in [0, 0.05) is 24.1 Å². The Labute approximate surface area is 108 Å². The number of nitrogens with two attached hydrogens (primary N) is 1. The third-order valence-electron chi connectivity index (χ3n) is 2.62. The Morgan fingerprint density at radius 1 is 1.56 bits per heavy atom. The molecule has 0 radical (unpaired) electrons. The summed E-state index contributed by atoms with van der Waals surface area (Å²) in [4.78, 5) is 21.0. The van der Waals surface area contributed by atoms with Crippen LogP contribution >= 0.6 is 12.4 Å². The normalized spacial score (nSPS) is 17.1. The summed E-state index contributed by atoms with van der Waals surface area (Å²) in [7, 11) is 0. The number of rotatable bonds is 2. The summed E-state index contributed by atoms with van der Waals surface area (Å²) in [5, 5.41) is 19.7. The molecule has 0 aromatic heterocycles. The molecule has 0 bridgehead atoms. The zero-order valence-corrected chi connectivity index (χ0v) is 9.98. The van der Waals surface area contributed by atoms with Gasteiger partial charge in [0.15, 0.2) is 0 Å². The highest BCUT2D eigenvalue weighted by molar-refractivity contribution is 5.89. The molecule has 1 aromatic rings. The topological polar surface area (TPSA) is 116 Å². The number of hydrogen-bond donors (Lipinski definition) is 2. The van der Waals surface area contributed by atoms with Gasteiger partial charge in [-0.05, 0) is 6.07 Å². The Hall–Kier alpha value is -1.86. The maximum atomic E-state index is 10.9. The van der Waals surface area contributed by atoms with Gasteiger partial charge in [-0.1, -0.05) is 0 Å². The van der Waals surface area contributed by atoms with Crippen molar-refractivity contribution in [1.82, 2.24) is 0 Å². The summed E-state index contributed by atoms with van der Waals surface area (Å²) in [6.45, 7) is 0.293. The van der Waals surface area contributed by atoms with E-state index in [2.05, 4.69) is 0 Å². The Balaban J connectivity index is 0.00000162. The molecule has 1 atom stereocenters. The van der Waals surface area contributed by atoms with Crippen LogP contribution in [0.25, 0.3) is 0 Å². The van der Waals surface area contributed by atoms with Crippen LogP contribution in [-0.2, 0) is 0 Å². The zero-order chi connectivity index (χ0) is 12.6. The van der Waals surface area contributed by atoms with Crippen LogP contribution < -0.4 is 10.5 Å². The minimum absolute atomic E-state index is 0. The Morgan fingerprint density at radius 2 is 2.22 bits per heavy atom. The Kier molecular flexibility index (Phi) is 4.10. The molecule has 1 heterocycles. The average molecular weight is 275 g/mol. The molecule has 8 heteroatoms. The fraction of sp³-hybridized carbons (Fsp3) is 0.300. The lowest BCUT2D eigenvalue weighted by Gasteiger charge is -2.22. The second-order valence-electron chi connectivity index (χ2n) is 3.72. The maximum absolute atomic E-state index is 10.9. The highest BCUT2D eigenvalue weighted by atomic mass is 35.5. The molecule has 1 aliphatic rings. The smallest absolute Gasteiger partial charge is 0.335 e. The lowest BCUT2D eigenvalue weighted by molar-refractivity contribution is -0.386. The van der Waals surface area contributed by atoms with Crippen molar-refractivity contribution in [3.05, 3.63) is 33.4 Å². The molecule has 1 aliphatic heterocycles. The van der Waals surface area contributed by atoms with E-state index in [0.717, 1.165) is 6.07 Å². The van der Waals surface area contributed by atoms with Crippen molar-refractivity contribution in [2.45, 2.75) is 12.5 Å². The van der Waals surface area contributed by atoms with Crippen molar-refractivity contribution in [2.75, 3.05) is 6.61 Å². The molecule has 0 unspecified atom stereocenters. The van der Waals surface area contributed by atoms with E-state index in [4.69, 9.17) is 15.6 Å². The van der Waals surface area contributed by atoms with Crippen molar-refractivity contribution >= 4 is 24.1 Å². The van der Waals surface area contributed by atoms with Crippen molar-refractivity contribution in [3.8, 4) is 5.75 Å². The summed E-state index contributed by atoms with van der Waals surface area (Å²) in [5.41, 5.74) is 5.66. The van der Waals surface area contributed by atoms with Crippen LogP contribution in [0.4, 0.5) is 5.69 Å². The number of carbonyl (C=O) groups is 1. The van der Waals surface area contributed by atoms with Gasteiger partial charge >= 0.3 is 11.7 Å². The number of nitro benzene ring substituents is 1. The van der Waals surface area contributed by atoms with E-state index in [9.17, 15) is 14.9 Å². The van der Waals surface area contributed by atoms with Crippen LogP contribution in [0, 0.1) is 10.1 Å². The molecule has 98 valence electrons. The minimum atomic E-state index is -1.23. The number of aromatic carboxylic acids is 1. The van der Waals surface area contributed by atoms with E-state index < -0.39 is 16.9 Å². The summed E-state index contributed by atoms with van der Waals surface area (Å²) in [6, 6.07) is 1.88. The van der Waals surface area contributed by atoms with E-state index in [1.165, 1.54) is 6.07 Å². The van der Waals surface area contributed by atoms with Gasteiger partial charge in [-0.3, -0.25) is 10.1 Å². The van der Waals surface area contributed by atoms with Crippen molar-refractivity contribution in [1.29, 1.82) is 0 Å². The SMILES string of the molecule is Cl.N[C@H]1CCOc2c1cc(C(=O)O)cc2[N+](=O)[O-]. The van der Waals surface area contributed by atoms with Crippen LogP contribution in [0.1, 0.15) is 28.4 Å². The first-order valence-corrected chi connectivity index (χ1v) is 4.94. The van der Waals surface area contributed by atoms with E-state index in [1.54, 1.807) is 0 Å². The first-order valence-electron chi connectivity index (χ1n) is 4.94. The van der Waals surface area contributed by atoms with E-state index >= 15 is 0 Å². The monoisotopic (exact) mass is 274 g/mol. The molecule has 18 heavy (non-hydrogen) atoms. The number of nitro groups is 1. The van der Waals surface area contributed by atoms with Crippen molar-refractivity contribution in [2.24, 2.45) is 5.73 Å². The maximum Gasteiger partial charge on any atom is 0.335 e. The van der Waals surface area contributed by atoms with Gasteiger partial charge in [-0.25, -0.2) is 4.79 Å². The number of carboxylic acids is 1. The quantitative estimate of drug-likeness (QED) is 0.623. The summed E-state index contributed by atoms with van der Waals surface area (Å²) < 4.78 is 5.21. The molecule has 0 aliphatic carbocycles. The predicted octanol–water partition coefficient (Wildman–Crippen LogP) is 1.50. The van der Waals surface area contributed by atoms with Crippen LogP contribution in [0.2, 0.25) is 0 Å². The molecule has 0 amide bonds. The van der Waals surface area contributed by atoms with Gasteiger partial charge in [-0.2, -0.15) is 0 Å². The third-order valence-corrected chi connectivity index (χ3v) is 2.62. The fourth-order valence-corrected chi connectivity index (χ4v) is 1.77. The standard InChI is InChI=1S/C10H10N2O5.ClH/c11-7-1-2-17-9-6(7)3-5(10(13)14)4-8(9)12(15)16;/h3-4,7H,1-2,11H2,(H,13,14);1H/t7-;/m0./s1. The number of hydrogen-bond acceptors (Lipinski definition) is 5. The molecule has 1 aromatic carbocycles. The Morgan fingerprint density at radius 3 is 2.78 bits per heavy atom. The first kappa shape index (κ1) is 14.2. The average Bonchev–Trinajstić information content (AvgIpc) is 2.28.